The molecule has 0 unspecified atom stereocenters. The predicted molar refractivity (Wildman–Crippen MR) is 54.3 cm³/mol. The summed E-state index contributed by atoms with van der Waals surface area (Å²) in [5.74, 6) is 1.51. The van der Waals surface area contributed by atoms with Crippen LogP contribution in [0.25, 0.3) is 5.82 Å². The molecule has 0 amide bonds. The first-order chi connectivity index (χ1) is 7.42. The highest BCUT2D eigenvalue weighted by Crippen LogP contribution is 2.02. The maximum absolute atomic E-state index is 4.15. The van der Waals surface area contributed by atoms with Crippen LogP contribution >= 0.6 is 0 Å². The van der Waals surface area contributed by atoms with Crippen molar-refractivity contribution in [3.8, 4) is 5.82 Å². The van der Waals surface area contributed by atoms with E-state index in [4.69, 9.17) is 0 Å². The molecule has 78 valence electrons. The molecule has 0 fully saturated rings. The smallest absolute Gasteiger partial charge is 0.177 e. The second kappa shape index (κ2) is 4.61. The van der Waals surface area contributed by atoms with Crippen LogP contribution in [0.2, 0.25) is 0 Å². The van der Waals surface area contributed by atoms with Gasteiger partial charge in [-0.05, 0) is 18.7 Å². The van der Waals surface area contributed by atoms with Gasteiger partial charge in [0, 0.05) is 6.20 Å². The summed E-state index contributed by atoms with van der Waals surface area (Å²) in [6.45, 7) is 3.61. The molecule has 2 aromatic rings. The molecule has 0 aromatic carbocycles. The van der Waals surface area contributed by atoms with E-state index in [9.17, 15) is 0 Å². The molecular formula is C9H12N6. The summed E-state index contributed by atoms with van der Waals surface area (Å²) in [5.41, 5.74) is 0. The molecule has 15 heavy (non-hydrogen) atoms. The molecule has 6 heteroatoms. The van der Waals surface area contributed by atoms with E-state index in [1.165, 1.54) is 6.33 Å². The van der Waals surface area contributed by atoms with E-state index in [-0.39, 0.29) is 0 Å². The molecule has 0 aliphatic rings. The van der Waals surface area contributed by atoms with Crippen molar-refractivity contribution in [3.63, 3.8) is 0 Å². The van der Waals surface area contributed by atoms with Gasteiger partial charge in [0.2, 0.25) is 0 Å². The molecule has 0 aliphatic carbocycles. The van der Waals surface area contributed by atoms with Gasteiger partial charge in [-0.15, -0.1) is 5.10 Å². The van der Waals surface area contributed by atoms with Gasteiger partial charge in [0.1, 0.15) is 12.2 Å². The summed E-state index contributed by atoms with van der Waals surface area (Å²) in [6, 6.07) is 3.66. The van der Waals surface area contributed by atoms with Gasteiger partial charge in [-0.3, -0.25) is 0 Å². The van der Waals surface area contributed by atoms with Crippen LogP contribution in [-0.4, -0.2) is 31.5 Å². The lowest BCUT2D eigenvalue weighted by Gasteiger charge is -2.03. The Morgan fingerprint density at radius 2 is 2.40 bits per heavy atom. The molecule has 0 saturated carbocycles. The first-order valence-corrected chi connectivity index (χ1v) is 4.79. The van der Waals surface area contributed by atoms with Gasteiger partial charge >= 0.3 is 0 Å². The average Bonchev–Trinajstić information content (AvgIpc) is 2.75. The summed E-state index contributed by atoms with van der Waals surface area (Å²) in [7, 11) is 0. The fraction of sp³-hybridized carbons (Fsp3) is 0.333. The molecule has 0 atom stereocenters. The summed E-state index contributed by atoms with van der Waals surface area (Å²) < 4.78 is 1.68. The predicted octanol–water partition coefficient (Wildman–Crippen LogP) is 0.167. The Kier molecular flexibility index (Phi) is 2.99. The molecule has 0 saturated heterocycles. The van der Waals surface area contributed by atoms with Crippen LogP contribution in [0, 0.1) is 0 Å². The fourth-order valence-corrected chi connectivity index (χ4v) is 1.22. The third-order valence-electron chi connectivity index (χ3n) is 1.93. The Morgan fingerprint density at radius 3 is 3.13 bits per heavy atom. The number of aromatic nitrogens is 5. The zero-order chi connectivity index (χ0) is 10.5. The minimum Gasteiger partial charge on any atom is -0.310 e. The van der Waals surface area contributed by atoms with E-state index in [0.717, 1.165) is 12.4 Å². The van der Waals surface area contributed by atoms with Gasteiger partial charge in [-0.25, -0.2) is 4.98 Å². The van der Waals surface area contributed by atoms with Crippen LogP contribution in [-0.2, 0) is 6.54 Å². The second-order valence-corrected chi connectivity index (χ2v) is 2.95. The van der Waals surface area contributed by atoms with Crippen molar-refractivity contribution in [2.75, 3.05) is 6.54 Å². The molecule has 2 rings (SSSR count). The fourth-order valence-electron chi connectivity index (χ4n) is 1.22. The molecule has 6 nitrogen and oxygen atoms in total. The van der Waals surface area contributed by atoms with Crippen LogP contribution in [0.3, 0.4) is 0 Å². The third-order valence-corrected chi connectivity index (χ3v) is 1.93. The molecule has 1 N–H and O–H groups in total. The van der Waals surface area contributed by atoms with Gasteiger partial charge in [0.15, 0.2) is 5.82 Å². The molecular weight excluding hydrogens is 192 g/mol. The molecule has 2 aromatic heterocycles. The van der Waals surface area contributed by atoms with E-state index in [1.807, 2.05) is 19.1 Å². The van der Waals surface area contributed by atoms with Crippen LogP contribution < -0.4 is 5.32 Å². The lowest BCUT2D eigenvalue weighted by atomic mass is 10.5. The quantitative estimate of drug-likeness (QED) is 0.768. The highest BCUT2D eigenvalue weighted by Gasteiger charge is 2.06. The zero-order valence-corrected chi connectivity index (χ0v) is 8.46. The van der Waals surface area contributed by atoms with Crippen molar-refractivity contribution < 1.29 is 0 Å². The summed E-state index contributed by atoms with van der Waals surface area (Å²) >= 11 is 0. The topological polar surface area (TPSA) is 68.5 Å². The van der Waals surface area contributed by atoms with E-state index in [2.05, 4.69) is 25.6 Å². The van der Waals surface area contributed by atoms with Crippen LogP contribution in [0.1, 0.15) is 12.7 Å². The van der Waals surface area contributed by atoms with Crippen molar-refractivity contribution in [2.45, 2.75) is 13.5 Å². The van der Waals surface area contributed by atoms with Gasteiger partial charge < -0.3 is 5.32 Å². The standard InChI is InChI=1S/C9H12N6/c1-2-10-6-9-11-7-13-15(9)8-4-3-5-12-14-8/h3-5,7,10H,2,6H2,1H3. The van der Waals surface area contributed by atoms with Gasteiger partial charge in [-0.1, -0.05) is 6.92 Å². The van der Waals surface area contributed by atoms with Gasteiger partial charge in [-0.2, -0.15) is 14.9 Å². The van der Waals surface area contributed by atoms with Crippen LogP contribution in [0.4, 0.5) is 0 Å². The maximum atomic E-state index is 4.15. The summed E-state index contributed by atoms with van der Waals surface area (Å²) in [5, 5.41) is 15.1. The number of nitrogens with zero attached hydrogens (tertiary/aromatic N) is 5. The largest absolute Gasteiger partial charge is 0.310 e. The summed E-state index contributed by atoms with van der Waals surface area (Å²) in [4.78, 5) is 4.15. The van der Waals surface area contributed by atoms with E-state index < -0.39 is 0 Å². The SMILES string of the molecule is CCNCc1ncnn1-c1cccnn1. The Labute approximate surface area is 87.4 Å². The molecule has 0 spiro atoms. The van der Waals surface area contributed by atoms with Crippen molar-refractivity contribution in [3.05, 3.63) is 30.5 Å². The molecule has 0 aliphatic heterocycles. The number of nitrogens with one attached hydrogen (secondary N) is 1. The van der Waals surface area contributed by atoms with Gasteiger partial charge in [0.25, 0.3) is 0 Å². The normalized spacial score (nSPS) is 10.5. The molecule has 0 bridgehead atoms. The Balaban J connectivity index is 2.25. The van der Waals surface area contributed by atoms with E-state index >= 15 is 0 Å². The monoisotopic (exact) mass is 204 g/mol. The number of rotatable bonds is 4. The lowest BCUT2D eigenvalue weighted by molar-refractivity contribution is 0.655. The number of hydrogen-bond donors (Lipinski definition) is 1. The highest BCUT2D eigenvalue weighted by atomic mass is 15.4. The van der Waals surface area contributed by atoms with Crippen LogP contribution in [0.15, 0.2) is 24.7 Å². The van der Waals surface area contributed by atoms with Crippen LogP contribution in [0.5, 0.6) is 0 Å². The summed E-state index contributed by atoms with van der Waals surface area (Å²) in [6.07, 6.45) is 3.14. The Bertz CT molecular complexity index is 410. The van der Waals surface area contributed by atoms with Crippen molar-refractivity contribution in [2.24, 2.45) is 0 Å². The zero-order valence-electron chi connectivity index (χ0n) is 8.46. The Morgan fingerprint density at radius 1 is 1.47 bits per heavy atom. The Hall–Kier alpha value is -1.82. The highest BCUT2D eigenvalue weighted by molar-refractivity contribution is 5.18. The second-order valence-electron chi connectivity index (χ2n) is 2.95. The average molecular weight is 204 g/mol. The van der Waals surface area contributed by atoms with Crippen molar-refractivity contribution >= 4 is 0 Å². The van der Waals surface area contributed by atoms with Crippen molar-refractivity contribution in [1.82, 2.24) is 30.3 Å². The minimum atomic E-state index is 0.674. The van der Waals surface area contributed by atoms with E-state index in [0.29, 0.717) is 12.4 Å². The first-order valence-electron chi connectivity index (χ1n) is 4.79. The lowest BCUT2D eigenvalue weighted by Crippen LogP contribution is -2.16. The third kappa shape index (κ3) is 2.16. The van der Waals surface area contributed by atoms with E-state index in [1.54, 1.807) is 10.9 Å². The molecule has 0 radical (unpaired) electrons. The first kappa shape index (κ1) is 9.72. The van der Waals surface area contributed by atoms with Gasteiger partial charge in [0.05, 0.1) is 6.54 Å². The maximum Gasteiger partial charge on any atom is 0.177 e. The molecule has 2 heterocycles. The minimum absolute atomic E-state index is 0.674. The number of hydrogen-bond acceptors (Lipinski definition) is 5. The van der Waals surface area contributed by atoms with Crippen molar-refractivity contribution in [1.29, 1.82) is 0 Å².